The number of hydrogen-bond acceptors (Lipinski definition) is 1. The Hall–Kier alpha value is -1.41. The molecule has 1 aliphatic carbocycles. The van der Waals surface area contributed by atoms with Gasteiger partial charge in [-0.05, 0) is 22.3 Å². The van der Waals surface area contributed by atoms with Gasteiger partial charge in [0.25, 0.3) is 0 Å². The lowest BCUT2D eigenvalue weighted by molar-refractivity contribution is 0.683. The lowest BCUT2D eigenvalue weighted by Crippen LogP contribution is -2.02. The summed E-state index contributed by atoms with van der Waals surface area (Å²) in [6.07, 6.45) is 1.78. The number of hydrogen-bond donors (Lipinski definition) is 0. The molecule has 0 N–H and O–H groups in total. The van der Waals surface area contributed by atoms with E-state index in [9.17, 15) is 4.21 Å². The van der Waals surface area contributed by atoms with Gasteiger partial charge in [0, 0.05) is 17.1 Å². The van der Waals surface area contributed by atoms with Crippen molar-refractivity contribution in [2.75, 3.05) is 6.26 Å². The standard InChI is InChI=1S/C14H12OS/c1-16(15)14-12-8-4-2-6-10(12)11-7-3-5-9-13(11)14/h2-9,14H,1H3/t16-/m1/s1. The van der Waals surface area contributed by atoms with Gasteiger partial charge in [0.05, 0.1) is 5.25 Å². The van der Waals surface area contributed by atoms with Gasteiger partial charge in [-0.1, -0.05) is 48.5 Å². The molecule has 0 fully saturated rings. The molecule has 0 unspecified atom stereocenters. The van der Waals surface area contributed by atoms with Crippen molar-refractivity contribution in [2.45, 2.75) is 5.25 Å². The molecule has 16 heavy (non-hydrogen) atoms. The summed E-state index contributed by atoms with van der Waals surface area (Å²) in [6, 6.07) is 16.5. The zero-order valence-corrected chi connectivity index (χ0v) is 9.83. The maximum atomic E-state index is 11.9. The fraction of sp³-hybridized carbons (Fsp3) is 0.143. The van der Waals surface area contributed by atoms with Gasteiger partial charge < -0.3 is 0 Å². The van der Waals surface area contributed by atoms with E-state index in [-0.39, 0.29) is 5.25 Å². The monoisotopic (exact) mass is 228 g/mol. The predicted octanol–water partition coefficient (Wildman–Crippen LogP) is 3.13. The van der Waals surface area contributed by atoms with E-state index in [1.807, 2.05) is 24.3 Å². The molecule has 0 radical (unpaired) electrons. The highest BCUT2D eigenvalue weighted by Crippen LogP contribution is 2.45. The average molecular weight is 228 g/mol. The molecule has 1 aliphatic rings. The zero-order chi connectivity index (χ0) is 11.1. The Morgan fingerprint density at radius 3 is 1.75 bits per heavy atom. The van der Waals surface area contributed by atoms with E-state index in [4.69, 9.17) is 0 Å². The summed E-state index contributed by atoms with van der Waals surface area (Å²) in [7, 11) is -0.864. The van der Waals surface area contributed by atoms with Gasteiger partial charge in [0.1, 0.15) is 0 Å². The van der Waals surface area contributed by atoms with Crippen LogP contribution in [0.3, 0.4) is 0 Å². The van der Waals surface area contributed by atoms with Crippen LogP contribution in [0.5, 0.6) is 0 Å². The summed E-state index contributed by atoms with van der Waals surface area (Å²) in [5.74, 6) is 0. The van der Waals surface area contributed by atoms with Crippen molar-refractivity contribution in [3.63, 3.8) is 0 Å². The average Bonchev–Trinajstić information content (AvgIpc) is 2.63. The molecule has 0 aliphatic heterocycles. The third kappa shape index (κ3) is 1.26. The molecule has 0 saturated heterocycles. The second kappa shape index (κ2) is 3.56. The first-order valence-electron chi connectivity index (χ1n) is 5.29. The molecule has 80 valence electrons. The van der Waals surface area contributed by atoms with Crippen molar-refractivity contribution in [3.05, 3.63) is 59.7 Å². The minimum absolute atomic E-state index is 0.0485. The maximum Gasteiger partial charge on any atom is 0.0855 e. The Morgan fingerprint density at radius 2 is 1.31 bits per heavy atom. The first-order valence-corrected chi connectivity index (χ1v) is 6.91. The summed E-state index contributed by atoms with van der Waals surface area (Å²) in [4.78, 5) is 0. The SMILES string of the molecule is C[S@@](=O)C1c2ccccc2-c2ccccc21. The molecule has 0 bridgehead atoms. The smallest absolute Gasteiger partial charge is 0.0855 e. The van der Waals surface area contributed by atoms with Crippen LogP contribution in [0.2, 0.25) is 0 Å². The third-order valence-corrected chi connectivity index (χ3v) is 4.28. The maximum absolute atomic E-state index is 11.9. The summed E-state index contributed by atoms with van der Waals surface area (Å²) >= 11 is 0. The molecule has 3 rings (SSSR count). The van der Waals surface area contributed by atoms with Crippen LogP contribution in [0.15, 0.2) is 48.5 Å². The van der Waals surface area contributed by atoms with E-state index in [1.54, 1.807) is 6.26 Å². The lowest BCUT2D eigenvalue weighted by atomic mass is 10.1. The van der Waals surface area contributed by atoms with Gasteiger partial charge >= 0.3 is 0 Å². The number of rotatable bonds is 1. The van der Waals surface area contributed by atoms with Crippen molar-refractivity contribution in [1.29, 1.82) is 0 Å². The van der Waals surface area contributed by atoms with Crippen LogP contribution in [0.25, 0.3) is 11.1 Å². The van der Waals surface area contributed by atoms with Crippen LogP contribution >= 0.6 is 0 Å². The van der Waals surface area contributed by atoms with Gasteiger partial charge in [-0.15, -0.1) is 0 Å². The Kier molecular flexibility index (Phi) is 2.18. The van der Waals surface area contributed by atoms with Crippen molar-refractivity contribution < 1.29 is 4.21 Å². The van der Waals surface area contributed by atoms with E-state index in [2.05, 4.69) is 24.3 Å². The van der Waals surface area contributed by atoms with E-state index >= 15 is 0 Å². The molecular formula is C14H12OS. The molecular weight excluding hydrogens is 216 g/mol. The second-order valence-electron chi connectivity index (χ2n) is 4.05. The van der Waals surface area contributed by atoms with Crippen LogP contribution in [0, 0.1) is 0 Å². The van der Waals surface area contributed by atoms with Crippen LogP contribution in [0.1, 0.15) is 16.4 Å². The lowest BCUT2D eigenvalue weighted by Gasteiger charge is -2.09. The Bertz CT molecular complexity index is 529. The molecule has 2 heteroatoms. The van der Waals surface area contributed by atoms with Crippen molar-refractivity contribution >= 4 is 10.8 Å². The first-order chi connectivity index (χ1) is 7.79. The molecule has 0 heterocycles. The van der Waals surface area contributed by atoms with E-state index in [1.165, 1.54) is 22.3 Å². The fourth-order valence-electron chi connectivity index (χ4n) is 2.47. The molecule has 1 atom stereocenters. The van der Waals surface area contributed by atoms with Crippen molar-refractivity contribution in [1.82, 2.24) is 0 Å². The summed E-state index contributed by atoms with van der Waals surface area (Å²) in [5, 5.41) is 0.0485. The second-order valence-corrected chi connectivity index (χ2v) is 5.52. The predicted molar refractivity (Wildman–Crippen MR) is 67.8 cm³/mol. The number of benzene rings is 2. The van der Waals surface area contributed by atoms with Crippen molar-refractivity contribution in [2.24, 2.45) is 0 Å². The van der Waals surface area contributed by atoms with E-state index in [0.717, 1.165) is 0 Å². The van der Waals surface area contributed by atoms with Crippen LogP contribution < -0.4 is 0 Å². The molecule has 1 nitrogen and oxygen atoms in total. The largest absolute Gasteiger partial charge is 0.259 e. The van der Waals surface area contributed by atoms with Crippen LogP contribution in [-0.4, -0.2) is 10.5 Å². The van der Waals surface area contributed by atoms with Gasteiger partial charge in [0.2, 0.25) is 0 Å². The highest BCUT2D eigenvalue weighted by molar-refractivity contribution is 7.84. The van der Waals surface area contributed by atoms with E-state index in [0.29, 0.717) is 0 Å². The zero-order valence-electron chi connectivity index (χ0n) is 9.01. The van der Waals surface area contributed by atoms with Gasteiger partial charge in [-0.3, -0.25) is 4.21 Å². The molecule has 0 spiro atoms. The van der Waals surface area contributed by atoms with Gasteiger partial charge in [-0.2, -0.15) is 0 Å². The fourth-order valence-corrected chi connectivity index (χ4v) is 3.59. The Morgan fingerprint density at radius 1 is 0.875 bits per heavy atom. The van der Waals surface area contributed by atoms with Gasteiger partial charge in [0.15, 0.2) is 0 Å². The first kappa shape index (κ1) is 9.79. The van der Waals surface area contributed by atoms with Crippen molar-refractivity contribution in [3.8, 4) is 11.1 Å². The minimum Gasteiger partial charge on any atom is -0.259 e. The van der Waals surface area contributed by atoms with Crippen LogP contribution in [-0.2, 0) is 10.8 Å². The van der Waals surface area contributed by atoms with E-state index < -0.39 is 10.8 Å². The van der Waals surface area contributed by atoms with Crippen LogP contribution in [0.4, 0.5) is 0 Å². The topological polar surface area (TPSA) is 17.1 Å². The Labute approximate surface area is 97.6 Å². The number of fused-ring (bicyclic) bond motifs is 3. The summed E-state index contributed by atoms with van der Waals surface area (Å²) in [6.45, 7) is 0. The molecule has 2 aromatic rings. The molecule has 0 saturated carbocycles. The third-order valence-electron chi connectivity index (χ3n) is 3.11. The quantitative estimate of drug-likeness (QED) is 0.733. The normalized spacial score (nSPS) is 15.6. The molecule has 2 aromatic carbocycles. The highest BCUT2D eigenvalue weighted by Gasteiger charge is 2.30. The minimum atomic E-state index is -0.864. The summed E-state index contributed by atoms with van der Waals surface area (Å²) in [5.41, 5.74) is 4.87. The van der Waals surface area contributed by atoms with Gasteiger partial charge in [-0.25, -0.2) is 0 Å². The summed E-state index contributed by atoms with van der Waals surface area (Å²) < 4.78 is 11.9. The molecule has 0 amide bonds. The molecule has 0 aromatic heterocycles. The Balaban J connectivity index is 2.34. The highest BCUT2D eigenvalue weighted by atomic mass is 32.2.